The third kappa shape index (κ3) is 2.78. The lowest BCUT2D eigenvalue weighted by Crippen LogP contribution is -2.30. The lowest BCUT2D eigenvalue weighted by Gasteiger charge is -2.28. The SMILES string of the molecule is CCN1C(=S)NC(c2ccccn2)C1c1ccc(C)n1-c1ccccc1. The second kappa shape index (κ2) is 6.92. The van der Waals surface area contributed by atoms with E-state index in [0.29, 0.717) is 0 Å². The molecule has 0 aliphatic carbocycles. The number of hydrogen-bond donors (Lipinski definition) is 1. The molecule has 4 nitrogen and oxygen atoms in total. The number of thiocarbonyl (C=S) groups is 1. The molecule has 4 rings (SSSR count). The fourth-order valence-corrected chi connectivity index (χ4v) is 4.16. The Labute approximate surface area is 159 Å². The van der Waals surface area contributed by atoms with Gasteiger partial charge in [-0.25, -0.2) is 0 Å². The predicted molar refractivity (Wildman–Crippen MR) is 108 cm³/mol. The van der Waals surface area contributed by atoms with Crippen molar-refractivity contribution in [3.05, 3.63) is 83.9 Å². The van der Waals surface area contributed by atoms with Gasteiger partial charge >= 0.3 is 0 Å². The van der Waals surface area contributed by atoms with E-state index in [1.165, 1.54) is 17.1 Å². The Kier molecular flexibility index (Phi) is 4.47. The predicted octanol–water partition coefficient (Wildman–Crippen LogP) is 4.17. The Morgan fingerprint density at radius 2 is 1.81 bits per heavy atom. The number of likely N-dealkylation sites (N-methyl/N-ethyl adjacent to an activating group) is 1. The molecule has 2 aromatic heterocycles. The molecule has 1 aromatic carbocycles. The Bertz CT molecular complexity index is 904. The van der Waals surface area contributed by atoms with Crippen LogP contribution in [0.2, 0.25) is 0 Å². The van der Waals surface area contributed by atoms with Gasteiger partial charge in [-0.3, -0.25) is 4.98 Å². The topological polar surface area (TPSA) is 33.1 Å². The van der Waals surface area contributed by atoms with Crippen LogP contribution in [0, 0.1) is 6.92 Å². The van der Waals surface area contributed by atoms with E-state index in [4.69, 9.17) is 12.2 Å². The number of para-hydroxylation sites is 1. The van der Waals surface area contributed by atoms with Crippen molar-refractivity contribution >= 4 is 17.3 Å². The Balaban J connectivity index is 1.85. The zero-order valence-corrected chi connectivity index (χ0v) is 15.8. The van der Waals surface area contributed by atoms with E-state index in [1.807, 2.05) is 24.4 Å². The van der Waals surface area contributed by atoms with Crippen molar-refractivity contribution in [3.63, 3.8) is 0 Å². The maximum atomic E-state index is 5.64. The van der Waals surface area contributed by atoms with Crippen molar-refractivity contribution in [2.24, 2.45) is 0 Å². The highest BCUT2D eigenvalue weighted by molar-refractivity contribution is 7.80. The smallest absolute Gasteiger partial charge is 0.170 e. The lowest BCUT2D eigenvalue weighted by atomic mass is 10.0. The van der Waals surface area contributed by atoms with Gasteiger partial charge in [0.1, 0.15) is 0 Å². The molecule has 1 fully saturated rings. The molecule has 26 heavy (non-hydrogen) atoms. The van der Waals surface area contributed by atoms with Gasteiger partial charge in [-0.05, 0) is 62.5 Å². The van der Waals surface area contributed by atoms with Crippen LogP contribution in [-0.2, 0) is 0 Å². The number of nitrogens with zero attached hydrogens (tertiary/aromatic N) is 3. The minimum atomic E-state index is 0.0282. The summed E-state index contributed by atoms with van der Waals surface area (Å²) in [5, 5.41) is 4.27. The molecule has 1 N–H and O–H groups in total. The molecule has 0 radical (unpaired) electrons. The van der Waals surface area contributed by atoms with Crippen molar-refractivity contribution in [2.45, 2.75) is 25.9 Å². The lowest BCUT2D eigenvalue weighted by molar-refractivity contribution is 0.320. The quantitative estimate of drug-likeness (QED) is 0.706. The third-order valence-electron chi connectivity index (χ3n) is 4.96. The molecule has 3 heterocycles. The van der Waals surface area contributed by atoms with E-state index in [9.17, 15) is 0 Å². The van der Waals surface area contributed by atoms with Gasteiger partial charge in [0.05, 0.1) is 17.8 Å². The Morgan fingerprint density at radius 1 is 1.04 bits per heavy atom. The molecule has 0 saturated carbocycles. The molecule has 5 heteroatoms. The Hall–Kier alpha value is -2.66. The first-order valence-corrected chi connectivity index (χ1v) is 9.33. The van der Waals surface area contributed by atoms with Gasteiger partial charge in [-0.1, -0.05) is 24.3 Å². The first-order valence-electron chi connectivity index (χ1n) is 8.92. The van der Waals surface area contributed by atoms with Gasteiger partial charge < -0.3 is 14.8 Å². The summed E-state index contributed by atoms with van der Waals surface area (Å²) in [5.74, 6) is 0. The zero-order valence-electron chi connectivity index (χ0n) is 15.0. The molecule has 2 atom stereocenters. The maximum absolute atomic E-state index is 5.64. The van der Waals surface area contributed by atoms with Crippen LogP contribution in [-0.4, -0.2) is 26.1 Å². The fourth-order valence-electron chi connectivity index (χ4n) is 3.79. The fraction of sp³-hybridized carbons (Fsp3) is 0.238. The van der Waals surface area contributed by atoms with Gasteiger partial charge in [0, 0.05) is 29.8 Å². The van der Waals surface area contributed by atoms with Crippen LogP contribution in [0.5, 0.6) is 0 Å². The summed E-state index contributed by atoms with van der Waals surface area (Å²) < 4.78 is 2.32. The average Bonchev–Trinajstić information content (AvgIpc) is 3.22. The second-order valence-corrected chi connectivity index (χ2v) is 6.87. The second-order valence-electron chi connectivity index (χ2n) is 6.48. The summed E-state index contributed by atoms with van der Waals surface area (Å²) >= 11 is 5.64. The molecular weight excluding hydrogens is 340 g/mol. The Morgan fingerprint density at radius 3 is 2.50 bits per heavy atom. The maximum Gasteiger partial charge on any atom is 0.170 e. The van der Waals surface area contributed by atoms with Crippen LogP contribution in [0.1, 0.15) is 36.1 Å². The molecule has 1 aliphatic rings. The van der Waals surface area contributed by atoms with Crippen molar-refractivity contribution in [1.29, 1.82) is 0 Å². The van der Waals surface area contributed by atoms with Crippen LogP contribution < -0.4 is 5.32 Å². The van der Waals surface area contributed by atoms with E-state index in [0.717, 1.165) is 17.4 Å². The van der Waals surface area contributed by atoms with E-state index < -0.39 is 0 Å². The number of aryl methyl sites for hydroxylation is 1. The monoisotopic (exact) mass is 362 g/mol. The summed E-state index contributed by atoms with van der Waals surface area (Å²) in [6.07, 6.45) is 1.84. The summed E-state index contributed by atoms with van der Waals surface area (Å²) in [4.78, 5) is 6.84. The van der Waals surface area contributed by atoms with Crippen LogP contribution in [0.15, 0.2) is 66.9 Å². The van der Waals surface area contributed by atoms with Crippen LogP contribution >= 0.6 is 12.2 Å². The number of pyridine rings is 1. The van der Waals surface area contributed by atoms with Crippen LogP contribution in [0.25, 0.3) is 5.69 Å². The highest BCUT2D eigenvalue weighted by atomic mass is 32.1. The number of benzene rings is 1. The van der Waals surface area contributed by atoms with E-state index >= 15 is 0 Å². The third-order valence-corrected chi connectivity index (χ3v) is 5.31. The molecular formula is C21H22N4S. The highest BCUT2D eigenvalue weighted by Gasteiger charge is 2.40. The molecule has 0 bridgehead atoms. The van der Waals surface area contributed by atoms with E-state index in [-0.39, 0.29) is 12.1 Å². The standard InChI is InChI=1S/C21H22N4S/c1-3-24-20(19(23-21(24)26)17-11-7-8-14-22-17)18-13-12-15(2)25(18)16-9-5-4-6-10-16/h4-14,19-20H,3H2,1-2H3,(H,23,26). The summed E-state index contributed by atoms with van der Waals surface area (Å²) in [5.41, 5.74) is 4.60. The number of hydrogen-bond acceptors (Lipinski definition) is 2. The van der Waals surface area contributed by atoms with Crippen molar-refractivity contribution in [1.82, 2.24) is 19.8 Å². The van der Waals surface area contributed by atoms with E-state index in [2.05, 4.69) is 76.1 Å². The minimum Gasteiger partial charge on any atom is -0.352 e. The van der Waals surface area contributed by atoms with Gasteiger partial charge in [0.15, 0.2) is 5.11 Å². The molecule has 0 amide bonds. The van der Waals surface area contributed by atoms with Gasteiger partial charge in [0.25, 0.3) is 0 Å². The summed E-state index contributed by atoms with van der Waals surface area (Å²) in [7, 11) is 0. The first-order chi connectivity index (χ1) is 12.7. The average molecular weight is 363 g/mol. The highest BCUT2D eigenvalue weighted by Crippen LogP contribution is 2.39. The van der Waals surface area contributed by atoms with Crippen molar-refractivity contribution < 1.29 is 0 Å². The summed E-state index contributed by atoms with van der Waals surface area (Å²) in [6.45, 7) is 5.13. The summed E-state index contributed by atoms with van der Waals surface area (Å²) in [6, 6.07) is 21.0. The van der Waals surface area contributed by atoms with Gasteiger partial charge in [-0.2, -0.15) is 0 Å². The molecule has 2 unspecified atom stereocenters. The minimum absolute atomic E-state index is 0.0282. The van der Waals surface area contributed by atoms with Crippen molar-refractivity contribution in [2.75, 3.05) is 6.54 Å². The normalized spacial score (nSPS) is 19.6. The van der Waals surface area contributed by atoms with Crippen LogP contribution in [0.4, 0.5) is 0 Å². The molecule has 1 aliphatic heterocycles. The number of rotatable bonds is 4. The number of nitrogens with one attached hydrogen (secondary N) is 1. The molecule has 132 valence electrons. The van der Waals surface area contributed by atoms with Gasteiger partial charge in [0.2, 0.25) is 0 Å². The van der Waals surface area contributed by atoms with Crippen LogP contribution in [0.3, 0.4) is 0 Å². The molecule has 0 spiro atoms. The number of aromatic nitrogens is 2. The molecule has 3 aromatic rings. The van der Waals surface area contributed by atoms with E-state index in [1.54, 1.807) is 0 Å². The first kappa shape index (κ1) is 16.8. The van der Waals surface area contributed by atoms with Crippen molar-refractivity contribution in [3.8, 4) is 5.69 Å². The van der Waals surface area contributed by atoms with Gasteiger partial charge in [-0.15, -0.1) is 0 Å². The zero-order chi connectivity index (χ0) is 18.1. The molecule has 1 saturated heterocycles. The largest absolute Gasteiger partial charge is 0.352 e.